The van der Waals surface area contributed by atoms with Crippen molar-refractivity contribution in [3.8, 4) is 0 Å². The molecule has 0 unspecified atom stereocenters. The summed E-state index contributed by atoms with van der Waals surface area (Å²) < 4.78 is 1.72. The lowest BCUT2D eigenvalue weighted by molar-refractivity contribution is 0.0784. The van der Waals surface area contributed by atoms with Crippen molar-refractivity contribution in [2.24, 2.45) is 7.05 Å². The molecule has 0 aliphatic carbocycles. The van der Waals surface area contributed by atoms with Crippen molar-refractivity contribution >= 4 is 23.2 Å². The SMILES string of the molecule is Cc1csc(CN(C)C(=O)c2cccc(C(=O)N[C@@H](Cc3ccccc3)[C@H](O)CNCc3cnn(C)c3)c2)n1. The highest BCUT2D eigenvalue weighted by Gasteiger charge is 2.23. The van der Waals surface area contributed by atoms with Crippen molar-refractivity contribution in [1.29, 1.82) is 0 Å². The number of nitrogens with one attached hydrogen (secondary N) is 2. The lowest BCUT2D eigenvalue weighted by Gasteiger charge is -2.25. The first-order chi connectivity index (χ1) is 18.8. The minimum absolute atomic E-state index is 0.196. The summed E-state index contributed by atoms with van der Waals surface area (Å²) in [6, 6.07) is 15.8. The highest BCUT2D eigenvalue weighted by molar-refractivity contribution is 7.09. The standard InChI is InChI=1S/C29H34N6O3S/c1-20-19-39-27(32-20)18-34(2)29(38)24-11-7-10-23(13-24)28(37)33-25(12-21-8-5-4-6-9-21)26(36)16-30-14-22-15-31-35(3)17-22/h4-11,13,15,17,19,25-26,30,36H,12,14,16,18H2,1-3H3,(H,33,37)/t25-,26+/m0/s1. The van der Waals surface area contributed by atoms with E-state index in [0.29, 0.717) is 30.6 Å². The van der Waals surface area contributed by atoms with E-state index in [1.807, 2.05) is 55.9 Å². The zero-order valence-corrected chi connectivity index (χ0v) is 23.2. The molecule has 2 atom stereocenters. The van der Waals surface area contributed by atoms with Gasteiger partial charge in [0.05, 0.1) is 24.9 Å². The summed E-state index contributed by atoms with van der Waals surface area (Å²) in [6.45, 7) is 3.15. The topological polar surface area (TPSA) is 112 Å². The molecule has 39 heavy (non-hydrogen) atoms. The van der Waals surface area contributed by atoms with Crippen LogP contribution in [0.3, 0.4) is 0 Å². The van der Waals surface area contributed by atoms with Crippen LogP contribution in [0.5, 0.6) is 0 Å². The highest BCUT2D eigenvalue weighted by Crippen LogP contribution is 2.15. The Morgan fingerprint density at radius 1 is 1.10 bits per heavy atom. The molecule has 0 radical (unpaired) electrons. The first kappa shape index (κ1) is 28.2. The Hall–Kier alpha value is -3.86. The van der Waals surface area contributed by atoms with Gasteiger partial charge in [0.2, 0.25) is 0 Å². The van der Waals surface area contributed by atoms with E-state index in [2.05, 4.69) is 20.7 Å². The number of nitrogens with zero attached hydrogens (tertiary/aromatic N) is 4. The third-order valence-corrected chi connectivity index (χ3v) is 7.23. The molecule has 2 amide bonds. The number of aromatic nitrogens is 3. The molecule has 2 aromatic heterocycles. The summed E-state index contributed by atoms with van der Waals surface area (Å²) in [6.07, 6.45) is 3.29. The quantitative estimate of drug-likeness (QED) is 0.252. The Labute approximate surface area is 232 Å². The number of rotatable bonds is 12. The molecule has 9 nitrogen and oxygen atoms in total. The van der Waals surface area contributed by atoms with E-state index < -0.39 is 12.1 Å². The molecule has 3 N–H and O–H groups in total. The molecular weight excluding hydrogens is 512 g/mol. The van der Waals surface area contributed by atoms with E-state index in [-0.39, 0.29) is 18.4 Å². The molecule has 2 heterocycles. The molecule has 2 aromatic carbocycles. The fourth-order valence-corrected chi connectivity index (χ4v) is 5.06. The van der Waals surface area contributed by atoms with Gasteiger partial charge >= 0.3 is 0 Å². The Balaban J connectivity index is 1.42. The summed E-state index contributed by atoms with van der Waals surface area (Å²) in [5.74, 6) is -0.548. The molecule has 0 saturated heterocycles. The maximum absolute atomic E-state index is 13.3. The predicted molar refractivity (Wildman–Crippen MR) is 151 cm³/mol. The van der Waals surface area contributed by atoms with Crippen molar-refractivity contribution in [2.45, 2.75) is 38.6 Å². The molecule has 0 saturated carbocycles. The van der Waals surface area contributed by atoms with Gasteiger partial charge in [0.15, 0.2) is 0 Å². The molecule has 4 rings (SSSR count). The van der Waals surface area contributed by atoms with Crippen LogP contribution in [0.15, 0.2) is 72.4 Å². The lowest BCUT2D eigenvalue weighted by atomic mass is 10.00. The van der Waals surface area contributed by atoms with Crippen LogP contribution in [0.1, 0.15) is 42.5 Å². The van der Waals surface area contributed by atoms with Crippen molar-refractivity contribution in [2.75, 3.05) is 13.6 Å². The summed E-state index contributed by atoms with van der Waals surface area (Å²) in [5, 5.41) is 24.2. The Morgan fingerprint density at radius 3 is 2.56 bits per heavy atom. The highest BCUT2D eigenvalue weighted by atomic mass is 32.1. The Bertz CT molecular complexity index is 1390. The van der Waals surface area contributed by atoms with Crippen LogP contribution in [0.2, 0.25) is 0 Å². The second-order valence-electron chi connectivity index (χ2n) is 9.61. The summed E-state index contributed by atoms with van der Waals surface area (Å²) in [4.78, 5) is 32.4. The van der Waals surface area contributed by atoms with Crippen LogP contribution in [-0.2, 0) is 26.6 Å². The summed E-state index contributed by atoms with van der Waals surface area (Å²) in [7, 11) is 3.57. The minimum atomic E-state index is -0.844. The maximum Gasteiger partial charge on any atom is 0.253 e. The number of hydrogen-bond acceptors (Lipinski definition) is 7. The first-order valence-electron chi connectivity index (χ1n) is 12.8. The van der Waals surface area contributed by atoms with E-state index in [9.17, 15) is 14.7 Å². The van der Waals surface area contributed by atoms with Gasteiger partial charge in [0, 0.05) is 61.1 Å². The maximum atomic E-state index is 13.3. The van der Waals surface area contributed by atoms with Crippen LogP contribution >= 0.6 is 11.3 Å². The van der Waals surface area contributed by atoms with Crippen LogP contribution in [0, 0.1) is 6.92 Å². The van der Waals surface area contributed by atoms with Gasteiger partial charge in [-0.05, 0) is 37.1 Å². The number of benzene rings is 2. The van der Waals surface area contributed by atoms with Gasteiger partial charge in [-0.3, -0.25) is 14.3 Å². The second kappa shape index (κ2) is 13.3. The van der Waals surface area contributed by atoms with E-state index >= 15 is 0 Å². The van der Waals surface area contributed by atoms with Gasteiger partial charge in [-0.25, -0.2) is 4.98 Å². The van der Waals surface area contributed by atoms with E-state index in [1.165, 1.54) is 11.3 Å². The van der Waals surface area contributed by atoms with Gasteiger partial charge in [-0.1, -0.05) is 36.4 Å². The van der Waals surface area contributed by atoms with Crippen LogP contribution < -0.4 is 10.6 Å². The fourth-order valence-electron chi connectivity index (χ4n) is 4.24. The summed E-state index contributed by atoms with van der Waals surface area (Å²) in [5.41, 5.74) is 3.69. The molecule has 0 spiro atoms. The van der Waals surface area contributed by atoms with Crippen molar-refractivity contribution in [3.05, 3.63) is 105 Å². The molecule has 4 aromatic rings. The van der Waals surface area contributed by atoms with Crippen LogP contribution in [-0.4, -0.2) is 62.3 Å². The molecule has 10 heteroatoms. The predicted octanol–water partition coefficient (Wildman–Crippen LogP) is 2.95. The number of carbonyl (C=O) groups is 2. The van der Waals surface area contributed by atoms with Crippen molar-refractivity contribution in [3.63, 3.8) is 0 Å². The molecule has 204 valence electrons. The van der Waals surface area contributed by atoms with Crippen LogP contribution in [0.25, 0.3) is 0 Å². The van der Waals surface area contributed by atoms with Crippen LogP contribution in [0.4, 0.5) is 0 Å². The van der Waals surface area contributed by atoms with E-state index in [1.54, 1.807) is 47.1 Å². The smallest absolute Gasteiger partial charge is 0.253 e. The number of aryl methyl sites for hydroxylation is 2. The number of carbonyl (C=O) groups excluding carboxylic acids is 2. The summed E-state index contributed by atoms with van der Waals surface area (Å²) >= 11 is 1.51. The zero-order valence-electron chi connectivity index (χ0n) is 22.4. The third kappa shape index (κ3) is 8.06. The lowest BCUT2D eigenvalue weighted by Crippen LogP contribution is -2.48. The van der Waals surface area contributed by atoms with E-state index in [0.717, 1.165) is 21.8 Å². The van der Waals surface area contributed by atoms with Gasteiger partial charge in [-0.15, -0.1) is 11.3 Å². The monoisotopic (exact) mass is 546 g/mol. The Morgan fingerprint density at radius 2 is 1.87 bits per heavy atom. The van der Waals surface area contributed by atoms with E-state index in [4.69, 9.17) is 0 Å². The Kier molecular flexibility index (Phi) is 9.59. The molecule has 0 aliphatic rings. The molecule has 0 aliphatic heterocycles. The number of aliphatic hydroxyl groups excluding tert-OH is 1. The van der Waals surface area contributed by atoms with Gasteiger partial charge < -0.3 is 20.6 Å². The number of aliphatic hydroxyl groups is 1. The number of hydrogen-bond donors (Lipinski definition) is 3. The molecular formula is C29H34N6O3S. The van der Waals surface area contributed by atoms with Gasteiger partial charge in [-0.2, -0.15) is 5.10 Å². The average molecular weight is 547 g/mol. The van der Waals surface area contributed by atoms with Gasteiger partial charge in [0.25, 0.3) is 11.8 Å². The largest absolute Gasteiger partial charge is 0.390 e. The molecule has 0 bridgehead atoms. The zero-order chi connectivity index (χ0) is 27.8. The van der Waals surface area contributed by atoms with Gasteiger partial charge in [0.1, 0.15) is 5.01 Å². The fraction of sp³-hybridized carbons (Fsp3) is 0.310. The third-order valence-electron chi connectivity index (χ3n) is 6.28. The molecule has 0 fully saturated rings. The number of thiazole rings is 1. The minimum Gasteiger partial charge on any atom is -0.390 e. The average Bonchev–Trinajstić information content (AvgIpc) is 3.55. The van der Waals surface area contributed by atoms with Crippen molar-refractivity contribution in [1.82, 2.24) is 30.3 Å². The normalized spacial score (nSPS) is 12.6. The first-order valence-corrected chi connectivity index (χ1v) is 13.6. The van der Waals surface area contributed by atoms with Crippen molar-refractivity contribution < 1.29 is 14.7 Å². The number of amides is 2. The second-order valence-corrected chi connectivity index (χ2v) is 10.6.